The first-order chi connectivity index (χ1) is 10.3. The van der Waals surface area contributed by atoms with Gasteiger partial charge in [0.05, 0.1) is 0 Å². The maximum atomic E-state index is 6.37. The quantitative estimate of drug-likeness (QED) is 0.739. The van der Waals surface area contributed by atoms with Gasteiger partial charge in [-0.15, -0.1) is 0 Å². The van der Waals surface area contributed by atoms with E-state index in [1.54, 1.807) is 0 Å². The predicted molar refractivity (Wildman–Crippen MR) is 89.0 cm³/mol. The Hall–Kier alpha value is -2.38. The summed E-state index contributed by atoms with van der Waals surface area (Å²) in [7, 11) is 0. The average molecular weight is 273 g/mol. The highest BCUT2D eigenvalue weighted by molar-refractivity contribution is 5.64. The minimum absolute atomic E-state index is 0.0241. The highest BCUT2D eigenvalue weighted by atomic mass is 14.6. The van der Waals surface area contributed by atoms with Crippen molar-refractivity contribution in [1.29, 1.82) is 0 Å². The molecule has 1 heteroatoms. The van der Waals surface area contributed by atoms with Gasteiger partial charge >= 0.3 is 0 Å². The zero-order valence-corrected chi connectivity index (χ0v) is 11.9. The molecule has 0 bridgehead atoms. The van der Waals surface area contributed by atoms with Gasteiger partial charge in [0.15, 0.2) is 0 Å². The summed E-state index contributed by atoms with van der Waals surface area (Å²) in [6.45, 7) is 0. The number of benzene rings is 3. The lowest BCUT2D eigenvalue weighted by atomic mass is 9.96. The van der Waals surface area contributed by atoms with Crippen molar-refractivity contribution in [2.45, 2.75) is 12.5 Å². The van der Waals surface area contributed by atoms with E-state index in [1.165, 1.54) is 22.3 Å². The Morgan fingerprint density at radius 3 is 2.00 bits per heavy atom. The van der Waals surface area contributed by atoms with Crippen LogP contribution in [0.1, 0.15) is 17.2 Å². The van der Waals surface area contributed by atoms with Gasteiger partial charge in [-0.25, -0.2) is 0 Å². The van der Waals surface area contributed by atoms with Crippen LogP contribution in [0.25, 0.3) is 11.1 Å². The Balaban J connectivity index is 1.83. The fourth-order valence-corrected chi connectivity index (χ4v) is 2.57. The van der Waals surface area contributed by atoms with Crippen LogP contribution in [0.15, 0.2) is 84.9 Å². The minimum Gasteiger partial charge on any atom is -0.324 e. The third-order valence-corrected chi connectivity index (χ3v) is 3.72. The summed E-state index contributed by atoms with van der Waals surface area (Å²) in [6.07, 6.45) is 0.860. The predicted octanol–water partition coefficient (Wildman–Crippen LogP) is 4.60. The molecule has 1 nitrogen and oxygen atoms in total. The fourth-order valence-electron chi connectivity index (χ4n) is 2.57. The summed E-state index contributed by atoms with van der Waals surface area (Å²) >= 11 is 0. The van der Waals surface area contributed by atoms with E-state index in [0.29, 0.717) is 0 Å². The Kier molecular flexibility index (Phi) is 4.13. The molecular weight excluding hydrogens is 254 g/mol. The van der Waals surface area contributed by atoms with Gasteiger partial charge < -0.3 is 5.73 Å². The molecule has 0 radical (unpaired) electrons. The highest BCUT2D eigenvalue weighted by Gasteiger charge is 2.08. The number of rotatable bonds is 4. The number of nitrogens with two attached hydrogens (primary N) is 1. The molecule has 0 heterocycles. The second-order valence-electron chi connectivity index (χ2n) is 5.29. The van der Waals surface area contributed by atoms with Crippen LogP contribution in [-0.4, -0.2) is 0 Å². The standard InChI is InChI=1S/C20H19N/c21-20(14-16-8-3-1-4-9-16)19-13-7-12-18(15-19)17-10-5-2-6-11-17/h1-13,15,20H,14,21H2. The minimum atomic E-state index is 0.0241. The second kappa shape index (κ2) is 6.38. The first-order valence-corrected chi connectivity index (χ1v) is 7.28. The average Bonchev–Trinajstić information content (AvgIpc) is 2.57. The van der Waals surface area contributed by atoms with E-state index < -0.39 is 0 Å². The summed E-state index contributed by atoms with van der Waals surface area (Å²) in [6, 6.07) is 29.4. The van der Waals surface area contributed by atoms with E-state index in [4.69, 9.17) is 5.73 Å². The molecule has 0 amide bonds. The normalized spacial score (nSPS) is 12.0. The van der Waals surface area contributed by atoms with Gasteiger partial charge in [0.2, 0.25) is 0 Å². The van der Waals surface area contributed by atoms with Gasteiger partial charge in [0, 0.05) is 6.04 Å². The van der Waals surface area contributed by atoms with Crippen molar-refractivity contribution >= 4 is 0 Å². The summed E-state index contributed by atoms with van der Waals surface area (Å²) in [5, 5.41) is 0. The summed E-state index contributed by atoms with van der Waals surface area (Å²) < 4.78 is 0. The van der Waals surface area contributed by atoms with Crippen LogP contribution in [0.2, 0.25) is 0 Å². The molecule has 3 aromatic rings. The number of hydrogen-bond donors (Lipinski definition) is 1. The molecule has 0 aliphatic carbocycles. The lowest BCUT2D eigenvalue weighted by Gasteiger charge is -2.13. The topological polar surface area (TPSA) is 26.0 Å². The second-order valence-corrected chi connectivity index (χ2v) is 5.29. The van der Waals surface area contributed by atoms with Crippen molar-refractivity contribution in [1.82, 2.24) is 0 Å². The van der Waals surface area contributed by atoms with Crippen molar-refractivity contribution < 1.29 is 0 Å². The summed E-state index contributed by atoms with van der Waals surface area (Å²) in [5.74, 6) is 0. The smallest absolute Gasteiger partial charge is 0.0335 e. The monoisotopic (exact) mass is 273 g/mol. The first-order valence-electron chi connectivity index (χ1n) is 7.28. The molecule has 0 aliphatic rings. The Morgan fingerprint density at radius 2 is 1.29 bits per heavy atom. The largest absolute Gasteiger partial charge is 0.324 e. The van der Waals surface area contributed by atoms with E-state index in [9.17, 15) is 0 Å². The Bertz CT molecular complexity index is 689. The van der Waals surface area contributed by atoms with Gasteiger partial charge in [0.1, 0.15) is 0 Å². The van der Waals surface area contributed by atoms with E-state index in [1.807, 2.05) is 12.1 Å². The number of hydrogen-bond acceptors (Lipinski definition) is 1. The molecule has 0 spiro atoms. The maximum absolute atomic E-state index is 6.37. The lowest BCUT2D eigenvalue weighted by molar-refractivity contribution is 0.722. The molecule has 0 fully saturated rings. The Morgan fingerprint density at radius 1 is 0.667 bits per heavy atom. The molecule has 2 N–H and O–H groups in total. The zero-order valence-electron chi connectivity index (χ0n) is 11.9. The van der Waals surface area contributed by atoms with E-state index in [2.05, 4.69) is 72.8 Å². The third kappa shape index (κ3) is 3.39. The fraction of sp³-hybridized carbons (Fsp3) is 0.100. The van der Waals surface area contributed by atoms with Gasteiger partial charge in [-0.3, -0.25) is 0 Å². The molecule has 0 aromatic heterocycles. The molecular formula is C20H19N. The highest BCUT2D eigenvalue weighted by Crippen LogP contribution is 2.23. The molecule has 1 atom stereocenters. The van der Waals surface area contributed by atoms with Crippen molar-refractivity contribution in [2.24, 2.45) is 5.73 Å². The van der Waals surface area contributed by atoms with Crippen LogP contribution in [0.5, 0.6) is 0 Å². The van der Waals surface area contributed by atoms with Crippen LogP contribution in [0.3, 0.4) is 0 Å². The van der Waals surface area contributed by atoms with Crippen molar-refractivity contribution in [3.05, 3.63) is 96.1 Å². The van der Waals surface area contributed by atoms with Gasteiger partial charge in [-0.05, 0) is 34.7 Å². The molecule has 1 unspecified atom stereocenters. The van der Waals surface area contributed by atoms with E-state index in [-0.39, 0.29) is 6.04 Å². The van der Waals surface area contributed by atoms with Crippen LogP contribution >= 0.6 is 0 Å². The van der Waals surface area contributed by atoms with Crippen LogP contribution in [0, 0.1) is 0 Å². The molecule has 0 saturated carbocycles. The Labute approximate surface area is 126 Å². The third-order valence-electron chi connectivity index (χ3n) is 3.72. The molecule has 3 aromatic carbocycles. The van der Waals surface area contributed by atoms with Gasteiger partial charge in [-0.1, -0.05) is 78.9 Å². The van der Waals surface area contributed by atoms with Gasteiger partial charge in [0.25, 0.3) is 0 Å². The molecule has 0 aliphatic heterocycles. The molecule has 0 saturated heterocycles. The van der Waals surface area contributed by atoms with E-state index in [0.717, 1.165) is 6.42 Å². The van der Waals surface area contributed by atoms with Gasteiger partial charge in [-0.2, -0.15) is 0 Å². The lowest BCUT2D eigenvalue weighted by Crippen LogP contribution is -2.13. The first kappa shape index (κ1) is 13.6. The van der Waals surface area contributed by atoms with Crippen molar-refractivity contribution in [3.8, 4) is 11.1 Å². The van der Waals surface area contributed by atoms with Crippen LogP contribution < -0.4 is 5.73 Å². The van der Waals surface area contributed by atoms with Crippen molar-refractivity contribution in [2.75, 3.05) is 0 Å². The molecule has 21 heavy (non-hydrogen) atoms. The van der Waals surface area contributed by atoms with E-state index >= 15 is 0 Å². The van der Waals surface area contributed by atoms with Crippen LogP contribution in [-0.2, 0) is 6.42 Å². The summed E-state index contributed by atoms with van der Waals surface area (Å²) in [4.78, 5) is 0. The van der Waals surface area contributed by atoms with Crippen molar-refractivity contribution in [3.63, 3.8) is 0 Å². The maximum Gasteiger partial charge on any atom is 0.0335 e. The summed E-state index contributed by atoms with van der Waals surface area (Å²) in [5.41, 5.74) is 11.3. The molecule has 104 valence electrons. The van der Waals surface area contributed by atoms with Crippen LogP contribution in [0.4, 0.5) is 0 Å². The SMILES string of the molecule is NC(Cc1ccccc1)c1cccc(-c2ccccc2)c1. The molecule has 3 rings (SSSR count). The zero-order chi connectivity index (χ0) is 14.5.